The Morgan fingerprint density at radius 1 is 1.44 bits per heavy atom. The normalized spacial score (nSPS) is 12.2. The number of carbonyl (C=O) groups is 1. The van der Waals surface area contributed by atoms with Crippen molar-refractivity contribution in [2.24, 2.45) is 5.73 Å². The molecule has 3 N–H and O–H groups in total. The molecule has 0 unspecified atom stereocenters. The first-order valence-corrected chi connectivity index (χ1v) is 5.24. The molecule has 0 aliphatic heterocycles. The van der Waals surface area contributed by atoms with Gasteiger partial charge in [-0.1, -0.05) is 24.3 Å². The van der Waals surface area contributed by atoms with Crippen molar-refractivity contribution in [1.82, 2.24) is 5.32 Å². The lowest BCUT2D eigenvalue weighted by Crippen LogP contribution is -2.37. The highest BCUT2D eigenvalue weighted by atomic mass is 16.5. The molecule has 0 radical (unpaired) electrons. The summed E-state index contributed by atoms with van der Waals surface area (Å²) in [6.07, 6.45) is 0. The Morgan fingerprint density at radius 3 is 2.62 bits per heavy atom. The number of methoxy groups -OCH3 is 1. The molecule has 16 heavy (non-hydrogen) atoms. The van der Waals surface area contributed by atoms with E-state index in [0.717, 1.165) is 11.1 Å². The summed E-state index contributed by atoms with van der Waals surface area (Å²) >= 11 is 0. The van der Waals surface area contributed by atoms with Crippen molar-refractivity contribution < 1.29 is 9.53 Å². The third kappa shape index (κ3) is 3.64. The quantitative estimate of drug-likeness (QED) is 0.774. The zero-order valence-electron chi connectivity index (χ0n) is 9.69. The molecule has 1 amide bonds. The highest BCUT2D eigenvalue weighted by Gasteiger charge is 2.07. The van der Waals surface area contributed by atoms with E-state index in [1.807, 2.05) is 24.3 Å². The zero-order valence-corrected chi connectivity index (χ0v) is 9.69. The number of rotatable bonds is 5. The number of benzene rings is 1. The minimum absolute atomic E-state index is 0.146. The van der Waals surface area contributed by atoms with E-state index in [1.165, 1.54) is 0 Å². The van der Waals surface area contributed by atoms with E-state index in [0.29, 0.717) is 13.2 Å². The Hall–Kier alpha value is -1.39. The van der Waals surface area contributed by atoms with Crippen LogP contribution in [0.1, 0.15) is 18.1 Å². The number of hydrogen-bond acceptors (Lipinski definition) is 3. The summed E-state index contributed by atoms with van der Waals surface area (Å²) in [4.78, 5) is 11.3. The van der Waals surface area contributed by atoms with Gasteiger partial charge in [-0.2, -0.15) is 0 Å². The Balaban J connectivity index is 2.62. The van der Waals surface area contributed by atoms with Crippen molar-refractivity contribution in [2.75, 3.05) is 7.11 Å². The van der Waals surface area contributed by atoms with E-state index >= 15 is 0 Å². The molecule has 0 aliphatic rings. The van der Waals surface area contributed by atoms with Crippen LogP contribution in [0.15, 0.2) is 24.3 Å². The second-order valence-electron chi connectivity index (χ2n) is 3.71. The predicted molar refractivity (Wildman–Crippen MR) is 62.7 cm³/mol. The lowest BCUT2D eigenvalue weighted by molar-refractivity contribution is -0.122. The van der Waals surface area contributed by atoms with Gasteiger partial charge in [0.05, 0.1) is 12.6 Å². The standard InChI is InChI=1S/C12H18N2O2/c1-9(13)12(15)14-7-10-5-3-4-6-11(10)8-16-2/h3-6,9H,7-8,13H2,1-2H3,(H,14,15)/t9-/m0/s1. The summed E-state index contributed by atoms with van der Waals surface area (Å²) in [5.41, 5.74) is 7.59. The molecule has 0 saturated heterocycles. The van der Waals surface area contributed by atoms with Crippen LogP contribution in [0.4, 0.5) is 0 Å². The van der Waals surface area contributed by atoms with Gasteiger partial charge in [-0.3, -0.25) is 4.79 Å². The van der Waals surface area contributed by atoms with E-state index < -0.39 is 6.04 Å². The maximum Gasteiger partial charge on any atom is 0.236 e. The van der Waals surface area contributed by atoms with Gasteiger partial charge in [-0.15, -0.1) is 0 Å². The summed E-state index contributed by atoms with van der Waals surface area (Å²) < 4.78 is 5.09. The molecule has 0 aromatic heterocycles. The van der Waals surface area contributed by atoms with Crippen LogP contribution in [-0.2, 0) is 22.7 Å². The van der Waals surface area contributed by atoms with E-state index in [4.69, 9.17) is 10.5 Å². The minimum Gasteiger partial charge on any atom is -0.380 e. The topological polar surface area (TPSA) is 64.3 Å². The average Bonchev–Trinajstić information content (AvgIpc) is 2.27. The van der Waals surface area contributed by atoms with Crippen LogP contribution in [0.2, 0.25) is 0 Å². The van der Waals surface area contributed by atoms with Crippen molar-refractivity contribution in [3.05, 3.63) is 35.4 Å². The fourth-order valence-corrected chi connectivity index (χ4v) is 1.37. The maximum atomic E-state index is 11.3. The van der Waals surface area contributed by atoms with Crippen LogP contribution in [0.25, 0.3) is 0 Å². The van der Waals surface area contributed by atoms with Crippen LogP contribution in [0.5, 0.6) is 0 Å². The third-order valence-electron chi connectivity index (χ3n) is 2.28. The second-order valence-corrected chi connectivity index (χ2v) is 3.71. The summed E-state index contributed by atoms with van der Waals surface area (Å²) in [6.45, 7) is 2.69. The van der Waals surface area contributed by atoms with Gasteiger partial charge in [0.25, 0.3) is 0 Å². The zero-order chi connectivity index (χ0) is 12.0. The molecule has 4 heteroatoms. The van der Waals surface area contributed by atoms with Crippen molar-refractivity contribution in [3.8, 4) is 0 Å². The molecule has 0 heterocycles. The largest absolute Gasteiger partial charge is 0.380 e. The Bertz CT molecular complexity index is 351. The summed E-state index contributed by atoms with van der Waals surface area (Å²) in [6, 6.07) is 7.36. The number of carbonyl (C=O) groups excluding carboxylic acids is 1. The number of ether oxygens (including phenoxy) is 1. The molecule has 0 bridgehead atoms. The molecular weight excluding hydrogens is 204 g/mol. The first-order valence-electron chi connectivity index (χ1n) is 5.24. The Morgan fingerprint density at radius 2 is 2.06 bits per heavy atom. The minimum atomic E-state index is -0.477. The average molecular weight is 222 g/mol. The smallest absolute Gasteiger partial charge is 0.236 e. The van der Waals surface area contributed by atoms with Crippen molar-refractivity contribution in [3.63, 3.8) is 0 Å². The molecule has 4 nitrogen and oxygen atoms in total. The molecule has 88 valence electrons. The predicted octanol–water partition coefficient (Wildman–Crippen LogP) is 0.796. The lowest BCUT2D eigenvalue weighted by Gasteiger charge is -2.11. The first kappa shape index (κ1) is 12.7. The van der Waals surface area contributed by atoms with E-state index in [9.17, 15) is 4.79 Å². The first-order chi connectivity index (χ1) is 7.65. The highest BCUT2D eigenvalue weighted by Crippen LogP contribution is 2.09. The number of nitrogens with two attached hydrogens (primary N) is 1. The molecular formula is C12H18N2O2. The fourth-order valence-electron chi connectivity index (χ4n) is 1.37. The lowest BCUT2D eigenvalue weighted by atomic mass is 10.1. The van der Waals surface area contributed by atoms with E-state index in [-0.39, 0.29) is 5.91 Å². The summed E-state index contributed by atoms with van der Waals surface area (Å²) in [5, 5.41) is 2.78. The van der Waals surface area contributed by atoms with E-state index in [1.54, 1.807) is 14.0 Å². The van der Waals surface area contributed by atoms with Crippen molar-refractivity contribution in [1.29, 1.82) is 0 Å². The maximum absolute atomic E-state index is 11.3. The highest BCUT2D eigenvalue weighted by molar-refractivity contribution is 5.80. The molecule has 0 spiro atoms. The molecule has 1 atom stereocenters. The van der Waals surface area contributed by atoms with Gasteiger partial charge in [-0.05, 0) is 18.1 Å². The van der Waals surface area contributed by atoms with Gasteiger partial charge < -0.3 is 15.8 Å². The molecule has 0 aliphatic carbocycles. The van der Waals surface area contributed by atoms with Gasteiger partial charge in [0, 0.05) is 13.7 Å². The van der Waals surface area contributed by atoms with Crippen molar-refractivity contribution in [2.45, 2.75) is 26.1 Å². The van der Waals surface area contributed by atoms with Crippen LogP contribution >= 0.6 is 0 Å². The SMILES string of the molecule is COCc1ccccc1CNC(=O)[C@H](C)N. The van der Waals surface area contributed by atoms with Gasteiger partial charge >= 0.3 is 0 Å². The monoisotopic (exact) mass is 222 g/mol. The fraction of sp³-hybridized carbons (Fsp3) is 0.417. The Labute approximate surface area is 95.8 Å². The molecule has 1 aromatic carbocycles. The van der Waals surface area contributed by atoms with Crippen LogP contribution in [0, 0.1) is 0 Å². The van der Waals surface area contributed by atoms with Gasteiger partial charge in [0.15, 0.2) is 0 Å². The van der Waals surface area contributed by atoms with Gasteiger partial charge in [0.1, 0.15) is 0 Å². The van der Waals surface area contributed by atoms with Gasteiger partial charge in [-0.25, -0.2) is 0 Å². The number of hydrogen-bond donors (Lipinski definition) is 2. The Kier molecular flexibility index (Phi) is 4.95. The number of nitrogens with one attached hydrogen (secondary N) is 1. The molecule has 0 fully saturated rings. The summed E-state index contributed by atoms with van der Waals surface area (Å²) in [5.74, 6) is -0.146. The number of amides is 1. The third-order valence-corrected chi connectivity index (χ3v) is 2.28. The van der Waals surface area contributed by atoms with Crippen LogP contribution < -0.4 is 11.1 Å². The summed E-state index contributed by atoms with van der Waals surface area (Å²) in [7, 11) is 1.65. The second kappa shape index (κ2) is 6.25. The molecule has 0 saturated carbocycles. The van der Waals surface area contributed by atoms with Crippen LogP contribution in [0.3, 0.4) is 0 Å². The van der Waals surface area contributed by atoms with Crippen LogP contribution in [-0.4, -0.2) is 19.1 Å². The molecule has 1 aromatic rings. The van der Waals surface area contributed by atoms with Crippen molar-refractivity contribution >= 4 is 5.91 Å². The van der Waals surface area contributed by atoms with E-state index in [2.05, 4.69) is 5.32 Å². The molecule has 1 rings (SSSR count). The van der Waals surface area contributed by atoms with Gasteiger partial charge in [0.2, 0.25) is 5.91 Å².